The number of benzene rings is 4. The van der Waals surface area contributed by atoms with E-state index in [1.165, 1.54) is 6.07 Å². The number of anilines is 1. The quantitative estimate of drug-likeness (QED) is 0.0618. The van der Waals surface area contributed by atoms with Crippen LogP contribution in [0.4, 0.5) is 10.5 Å². The van der Waals surface area contributed by atoms with Gasteiger partial charge in [-0.05, 0) is 67.1 Å². The second kappa shape index (κ2) is 20.3. The van der Waals surface area contributed by atoms with Gasteiger partial charge in [-0.2, -0.15) is 0 Å². The molecule has 0 spiro atoms. The van der Waals surface area contributed by atoms with Crippen molar-refractivity contribution in [2.24, 2.45) is 0 Å². The minimum atomic E-state index is -0.762. The summed E-state index contributed by atoms with van der Waals surface area (Å²) in [6, 6.07) is 34.3. The molecule has 4 aromatic carbocycles. The number of nitrogens with one attached hydrogen (secondary N) is 4. The van der Waals surface area contributed by atoms with E-state index in [0.717, 1.165) is 79.4 Å². The van der Waals surface area contributed by atoms with Crippen LogP contribution in [0.2, 0.25) is 0 Å². The summed E-state index contributed by atoms with van der Waals surface area (Å²) in [5.41, 5.74) is 4.76. The Labute approximate surface area is 322 Å². The lowest BCUT2D eigenvalue weighted by Crippen LogP contribution is -2.40. The van der Waals surface area contributed by atoms with Gasteiger partial charge >= 0.3 is 6.09 Å². The number of fused-ring (bicyclic) bond motifs is 1. The smallest absolute Gasteiger partial charge is 0.411 e. The molecule has 288 valence electrons. The molecule has 0 radical (unpaired) electrons. The van der Waals surface area contributed by atoms with E-state index in [1.807, 2.05) is 91.0 Å². The molecule has 1 aliphatic rings. The number of H-pyrrole nitrogens is 1. The molecule has 1 aliphatic heterocycles. The Bertz CT molecular complexity index is 2030. The predicted octanol–water partition coefficient (Wildman–Crippen LogP) is 6.79. The Morgan fingerprint density at radius 1 is 0.836 bits per heavy atom. The van der Waals surface area contributed by atoms with Gasteiger partial charge in [0.15, 0.2) is 0 Å². The number of aliphatic hydroxyl groups excluding tert-OH is 1. The number of ether oxygens (including phenoxy) is 2. The highest BCUT2D eigenvalue weighted by Crippen LogP contribution is 2.31. The maximum atomic E-state index is 12.7. The van der Waals surface area contributed by atoms with Gasteiger partial charge in [-0.1, -0.05) is 91.3 Å². The topological polar surface area (TPSA) is 145 Å². The maximum absolute atomic E-state index is 12.7. The summed E-state index contributed by atoms with van der Waals surface area (Å²) in [5, 5.41) is 21.0. The molecule has 5 N–H and O–H groups in total. The van der Waals surface area contributed by atoms with E-state index in [4.69, 9.17) is 9.47 Å². The number of aromatic nitrogens is 1. The first-order valence-corrected chi connectivity index (χ1v) is 19.3. The average Bonchev–Trinajstić information content (AvgIpc) is 3.21. The van der Waals surface area contributed by atoms with Crippen LogP contribution < -0.4 is 26.2 Å². The zero-order valence-corrected chi connectivity index (χ0v) is 31.2. The number of hydrogen-bond donors (Lipinski definition) is 5. The Hall–Kier alpha value is -5.49. The van der Waals surface area contributed by atoms with Gasteiger partial charge in [-0.15, -0.1) is 0 Å². The Balaban J connectivity index is 0.815. The van der Waals surface area contributed by atoms with Crippen LogP contribution >= 0.6 is 0 Å². The third kappa shape index (κ3) is 11.7. The second-order valence-electron chi connectivity index (χ2n) is 13.9. The molecule has 0 bridgehead atoms. The number of piperidine rings is 1. The molecule has 1 unspecified atom stereocenters. The van der Waals surface area contributed by atoms with E-state index in [1.54, 1.807) is 12.1 Å². The van der Waals surface area contributed by atoms with Crippen molar-refractivity contribution in [3.63, 3.8) is 0 Å². The number of hydrogen-bond acceptors (Lipinski definition) is 8. The van der Waals surface area contributed by atoms with E-state index in [-0.39, 0.29) is 17.6 Å². The minimum absolute atomic E-state index is 0.0427. The Morgan fingerprint density at radius 3 is 2.36 bits per heavy atom. The summed E-state index contributed by atoms with van der Waals surface area (Å²) in [5.74, 6) is 0.601. The van der Waals surface area contributed by atoms with Crippen LogP contribution in [-0.4, -0.2) is 72.4 Å². The summed E-state index contributed by atoms with van der Waals surface area (Å²) in [7, 11) is 0. The van der Waals surface area contributed by atoms with E-state index >= 15 is 0 Å². The highest BCUT2D eigenvalue weighted by molar-refractivity contribution is 5.91. The van der Waals surface area contributed by atoms with Gasteiger partial charge < -0.3 is 35.1 Å². The monoisotopic (exact) mass is 745 g/mol. The van der Waals surface area contributed by atoms with Crippen molar-refractivity contribution in [1.82, 2.24) is 20.5 Å². The van der Waals surface area contributed by atoms with E-state index < -0.39 is 12.2 Å². The number of carbonyl (C=O) groups is 2. The van der Waals surface area contributed by atoms with Crippen molar-refractivity contribution in [3.8, 4) is 16.9 Å². The van der Waals surface area contributed by atoms with Crippen molar-refractivity contribution >= 4 is 28.6 Å². The normalized spacial score (nSPS) is 14.0. The molecule has 11 nitrogen and oxygen atoms in total. The van der Waals surface area contributed by atoms with Crippen molar-refractivity contribution in [2.75, 3.05) is 44.6 Å². The molecule has 2 amide bonds. The van der Waals surface area contributed by atoms with Gasteiger partial charge in [0, 0.05) is 56.2 Å². The third-order valence-corrected chi connectivity index (χ3v) is 9.89. The van der Waals surface area contributed by atoms with Gasteiger partial charge in [0.1, 0.15) is 18.5 Å². The Kier molecular flexibility index (Phi) is 14.4. The number of likely N-dealkylation sites (tertiary alicyclic amines) is 1. The summed E-state index contributed by atoms with van der Waals surface area (Å²) >= 11 is 0. The van der Waals surface area contributed by atoms with Crippen molar-refractivity contribution in [2.45, 2.75) is 57.3 Å². The zero-order chi connectivity index (χ0) is 38.2. The van der Waals surface area contributed by atoms with Gasteiger partial charge in [0.2, 0.25) is 11.5 Å². The summed E-state index contributed by atoms with van der Waals surface area (Å²) in [6.45, 7) is 4.33. The molecule has 0 aliphatic carbocycles. The number of amides is 2. The minimum Gasteiger partial charge on any atom is -0.487 e. The highest BCUT2D eigenvalue weighted by Gasteiger charge is 2.23. The molecule has 5 aromatic rings. The van der Waals surface area contributed by atoms with Crippen LogP contribution in [0.3, 0.4) is 0 Å². The fourth-order valence-electron chi connectivity index (χ4n) is 6.87. The number of pyridine rings is 1. The molecular formula is C44H51N5O6. The van der Waals surface area contributed by atoms with Gasteiger partial charge in [0.05, 0.1) is 17.3 Å². The van der Waals surface area contributed by atoms with Gasteiger partial charge in [-0.25, -0.2) is 4.79 Å². The molecule has 2 heterocycles. The van der Waals surface area contributed by atoms with Crippen LogP contribution in [0, 0.1) is 0 Å². The number of aliphatic hydroxyl groups is 1. The number of carbonyl (C=O) groups excluding carboxylic acids is 2. The van der Waals surface area contributed by atoms with E-state index in [0.29, 0.717) is 49.6 Å². The molecule has 0 saturated carbocycles. The van der Waals surface area contributed by atoms with Gasteiger partial charge in [-0.3, -0.25) is 14.9 Å². The lowest BCUT2D eigenvalue weighted by molar-refractivity contribution is -0.121. The molecule has 1 aromatic heterocycles. The van der Waals surface area contributed by atoms with Crippen LogP contribution in [-0.2, 0) is 16.1 Å². The molecular weight excluding hydrogens is 695 g/mol. The number of para-hydroxylation sites is 1. The van der Waals surface area contributed by atoms with Gasteiger partial charge in [0.25, 0.3) is 0 Å². The number of aromatic amines is 1. The molecule has 6 rings (SSSR count). The Morgan fingerprint density at radius 2 is 1.56 bits per heavy atom. The first-order valence-electron chi connectivity index (χ1n) is 19.3. The number of nitrogens with zero attached hydrogens (tertiary/aromatic N) is 1. The lowest BCUT2D eigenvalue weighted by Gasteiger charge is -2.31. The van der Waals surface area contributed by atoms with Crippen molar-refractivity contribution in [1.29, 1.82) is 0 Å². The first kappa shape index (κ1) is 39.2. The summed E-state index contributed by atoms with van der Waals surface area (Å²) < 4.78 is 11.8. The van der Waals surface area contributed by atoms with Crippen LogP contribution in [0.25, 0.3) is 22.0 Å². The standard InChI is InChI=1S/C44H51N5O6/c50-39(36-18-20-40(43-37(36)19-21-42(52)48-43)54-31-32-12-4-1-5-13-32)30-45-25-10-3-11-26-46-41(51)24-29-49-27-22-34(23-28-49)55-44(53)47-38-17-9-8-16-35(38)33-14-6-2-7-15-33/h1-2,4-9,12-21,34,39,45,50H,3,10-11,22-31H2,(H,46,51)(H,47,53)(H,48,52). The van der Waals surface area contributed by atoms with Crippen LogP contribution in [0.1, 0.15) is 55.8 Å². The molecule has 1 saturated heterocycles. The largest absolute Gasteiger partial charge is 0.487 e. The number of unbranched alkanes of at least 4 members (excludes halogenated alkanes) is 2. The molecule has 55 heavy (non-hydrogen) atoms. The zero-order valence-electron chi connectivity index (χ0n) is 31.2. The summed E-state index contributed by atoms with van der Waals surface area (Å²) in [6.07, 6.45) is 3.26. The molecule has 1 atom stereocenters. The van der Waals surface area contributed by atoms with Crippen molar-refractivity contribution < 1.29 is 24.2 Å². The molecule has 11 heteroatoms. The predicted molar refractivity (Wildman–Crippen MR) is 216 cm³/mol. The summed E-state index contributed by atoms with van der Waals surface area (Å²) in [4.78, 5) is 42.5. The first-order chi connectivity index (χ1) is 26.9. The third-order valence-electron chi connectivity index (χ3n) is 9.89. The van der Waals surface area contributed by atoms with Crippen LogP contribution in [0.15, 0.2) is 114 Å². The fraction of sp³-hybridized carbons (Fsp3) is 0.341. The molecule has 1 fully saturated rings. The maximum Gasteiger partial charge on any atom is 0.411 e. The van der Waals surface area contributed by atoms with Crippen molar-refractivity contribution in [3.05, 3.63) is 131 Å². The average molecular weight is 746 g/mol. The number of rotatable bonds is 18. The SMILES string of the molecule is O=C(CCN1CCC(OC(=O)Nc2ccccc2-c2ccccc2)CC1)NCCCCCNCC(O)c1ccc(OCc2ccccc2)c2[nH]c(=O)ccc12. The van der Waals surface area contributed by atoms with E-state index in [9.17, 15) is 19.5 Å². The van der Waals surface area contributed by atoms with Crippen LogP contribution in [0.5, 0.6) is 5.75 Å². The highest BCUT2D eigenvalue weighted by atomic mass is 16.6. The second-order valence-corrected chi connectivity index (χ2v) is 13.9. The lowest BCUT2D eigenvalue weighted by atomic mass is 10.0. The van der Waals surface area contributed by atoms with E-state index in [2.05, 4.69) is 25.8 Å². The fourth-order valence-corrected chi connectivity index (χ4v) is 6.87.